The molecular formula is C28H22N8O3. The van der Waals surface area contributed by atoms with Crippen molar-refractivity contribution >= 4 is 29.8 Å². The first-order valence-electron chi connectivity index (χ1n) is 11.8. The highest BCUT2D eigenvalue weighted by Gasteiger charge is 2.13. The van der Waals surface area contributed by atoms with Gasteiger partial charge in [0.2, 0.25) is 11.9 Å². The lowest BCUT2D eigenvalue weighted by Gasteiger charge is -2.09. The number of hydrazone groups is 1. The molecule has 39 heavy (non-hydrogen) atoms. The molecule has 0 aliphatic rings. The lowest BCUT2D eigenvalue weighted by Crippen LogP contribution is -2.09. The number of benzene rings is 3. The number of hydrogen-bond acceptors (Lipinski definition) is 11. The summed E-state index contributed by atoms with van der Waals surface area (Å²) in [5.41, 5.74) is 5.12. The number of nitrogens with one attached hydrogen (secondary N) is 2. The average Bonchev–Trinajstić information content (AvgIpc) is 2.98. The van der Waals surface area contributed by atoms with E-state index in [0.717, 1.165) is 5.69 Å². The van der Waals surface area contributed by atoms with E-state index in [0.29, 0.717) is 40.1 Å². The van der Waals surface area contributed by atoms with Crippen LogP contribution in [0.4, 0.5) is 17.6 Å². The molecule has 0 fully saturated rings. The van der Waals surface area contributed by atoms with E-state index in [4.69, 9.17) is 9.47 Å². The minimum absolute atomic E-state index is 0.190. The van der Waals surface area contributed by atoms with Gasteiger partial charge in [0.05, 0.1) is 18.9 Å². The standard InChI is InChI=1S/C28H22N8O3/c1-38-24-16-19(26(37)39-22-10-6-3-7-11-22)12-13-20(24)17-31-36-28-34-25(23-14-15-29-18-30-23)33-27(35-28)32-21-8-4-2-5-9-21/h2-18H,1H3,(H2,32,33,34,35,36)/b31-17+. The van der Waals surface area contributed by atoms with Gasteiger partial charge in [-0.25, -0.2) is 20.2 Å². The number of hydrogen-bond donors (Lipinski definition) is 2. The number of para-hydroxylation sites is 2. The minimum Gasteiger partial charge on any atom is -0.496 e. The number of anilines is 3. The molecule has 5 rings (SSSR count). The summed E-state index contributed by atoms with van der Waals surface area (Å²) in [5.74, 6) is 1.23. The van der Waals surface area contributed by atoms with Gasteiger partial charge in [-0.2, -0.15) is 20.1 Å². The Kier molecular flexibility index (Phi) is 7.69. The van der Waals surface area contributed by atoms with E-state index in [1.165, 1.54) is 19.7 Å². The lowest BCUT2D eigenvalue weighted by atomic mass is 10.1. The zero-order valence-electron chi connectivity index (χ0n) is 20.7. The van der Waals surface area contributed by atoms with Crippen molar-refractivity contribution in [1.29, 1.82) is 0 Å². The first kappa shape index (κ1) is 25.0. The van der Waals surface area contributed by atoms with E-state index in [2.05, 4.69) is 40.8 Å². The molecule has 11 nitrogen and oxygen atoms in total. The zero-order valence-corrected chi connectivity index (χ0v) is 20.7. The monoisotopic (exact) mass is 518 g/mol. The third-order valence-electron chi connectivity index (χ3n) is 5.27. The van der Waals surface area contributed by atoms with Gasteiger partial charge in [-0.15, -0.1) is 0 Å². The summed E-state index contributed by atoms with van der Waals surface area (Å²) < 4.78 is 10.9. The van der Waals surface area contributed by atoms with Crippen molar-refractivity contribution in [1.82, 2.24) is 24.9 Å². The van der Waals surface area contributed by atoms with E-state index >= 15 is 0 Å². The van der Waals surface area contributed by atoms with Gasteiger partial charge in [-0.1, -0.05) is 36.4 Å². The van der Waals surface area contributed by atoms with Crippen LogP contribution in [0.2, 0.25) is 0 Å². The number of carbonyl (C=O) groups is 1. The molecule has 2 heterocycles. The number of esters is 1. The summed E-state index contributed by atoms with van der Waals surface area (Å²) in [7, 11) is 1.51. The molecule has 0 saturated carbocycles. The summed E-state index contributed by atoms with van der Waals surface area (Å²) in [6, 6.07) is 25.0. The molecule has 0 bridgehead atoms. The fourth-order valence-electron chi connectivity index (χ4n) is 3.43. The van der Waals surface area contributed by atoms with Gasteiger partial charge in [-0.05, 0) is 48.5 Å². The third-order valence-corrected chi connectivity index (χ3v) is 5.27. The first-order valence-corrected chi connectivity index (χ1v) is 11.8. The molecule has 0 spiro atoms. The smallest absolute Gasteiger partial charge is 0.343 e. The Morgan fingerprint density at radius 2 is 1.67 bits per heavy atom. The van der Waals surface area contributed by atoms with Gasteiger partial charge in [0.15, 0.2) is 5.82 Å². The van der Waals surface area contributed by atoms with E-state index in [1.54, 1.807) is 54.7 Å². The van der Waals surface area contributed by atoms with Gasteiger partial charge < -0.3 is 14.8 Å². The van der Waals surface area contributed by atoms with Crippen molar-refractivity contribution in [3.05, 3.63) is 109 Å². The predicted octanol–water partition coefficient (Wildman–Crippen LogP) is 4.75. The van der Waals surface area contributed by atoms with Crippen molar-refractivity contribution in [2.24, 2.45) is 5.10 Å². The van der Waals surface area contributed by atoms with E-state index < -0.39 is 5.97 Å². The van der Waals surface area contributed by atoms with Crippen LogP contribution in [0.15, 0.2) is 103 Å². The summed E-state index contributed by atoms with van der Waals surface area (Å²) in [6.45, 7) is 0. The van der Waals surface area contributed by atoms with Gasteiger partial charge >= 0.3 is 5.97 Å². The fraction of sp³-hybridized carbons (Fsp3) is 0.0357. The van der Waals surface area contributed by atoms with Gasteiger partial charge in [0.25, 0.3) is 0 Å². The quantitative estimate of drug-likeness (QED) is 0.122. The molecular weight excluding hydrogens is 496 g/mol. The Morgan fingerprint density at radius 1 is 0.897 bits per heavy atom. The molecule has 2 aromatic heterocycles. The van der Waals surface area contributed by atoms with Crippen LogP contribution in [0, 0.1) is 0 Å². The summed E-state index contributed by atoms with van der Waals surface area (Å²) in [6.07, 6.45) is 4.55. The first-order chi connectivity index (χ1) is 19.2. The van der Waals surface area contributed by atoms with Crippen molar-refractivity contribution in [3.63, 3.8) is 0 Å². The topological polar surface area (TPSA) is 136 Å². The van der Waals surface area contributed by atoms with Crippen molar-refractivity contribution < 1.29 is 14.3 Å². The Hall–Kier alpha value is -5.71. The molecule has 11 heteroatoms. The van der Waals surface area contributed by atoms with E-state index in [1.807, 2.05) is 36.4 Å². The third kappa shape index (κ3) is 6.54. The van der Waals surface area contributed by atoms with E-state index in [9.17, 15) is 4.79 Å². The normalized spacial score (nSPS) is 10.7. The average molecular weight is 519 g/mol. The molecule has 5 aromatic rings. The molecule has 0 radical (unpaired) electrons. The van der Waals surface area contributed by atoms with Crippen LogP contribution in [0.3, 0.4) is 0 Å². The lowest BCUT2D eigenvalue weighted by molar-refractivity contribution is 0.0734. The predicted molar refractivity (Wildman–Crippen MR) is 146 cm³/mol. The van der Waals surface area contributed by atoms with Gasteiger partial charge in [-0.3, -0.25) is 0 Å². The number of rotatable bonds is 9. The number of nitrogens with zero attached hydrogens (tertiary/aromatic N) is 6. The molecule has 2 N–H and O–H groups in total. The summed E-state index contributed by atoms with van der Waals surface area (Å²) in [5, 5.41) is 7.41. The van der Waals surface area contributed by atoms with Crippen LogP contribution in [0.1, 0.15) is 15.9 Å². The highest BCUT2D eigenvalue weighted by molar-refractivity contribution is 5.93. The second-order valence-corrected chi connectivity index (χ2v) is 7.92. The Balaban J connectivity index is 1.35. The van der Waals surface area contributed by atoms with Crippen LogP contribution in [-0.4, -0.2) is 44.2 Å². The van der Waals surface area contributed by atoms with Crippen molar-refractivity contribution in [2.75, 3.05) is 17.9 Å². The molecule has 0 unspecified atom stereocenters. The van der Waals surface area contributed by atoms with E-state index in [-0.39, 0.29) is 5.95 Å². The second-order valence-electron chi connectivity index (χ2n) is 7.92. The van der Waals surface area contributed by atoms with Crippen LogP contribution >= 0.6 is 0 Å². The summed E-state index contributed by atoms with van der Waals surface area (Å²) >= 11 is 0. The molecule has 0 aliphatic heterocycles. The number of methoxy groups -OCH3 is 1. The molecule has 0 aliphatic carbocycles. The Labute approximate surface area is 223 Å². The van der Waals surface area contributed by atoms with Crippen molar-refractivity contribution in [3.8, 4) is 23.0 Å². The van der Waals surface area contributed by atoms with Crippen LogP contribution in [0.25, 0.3) is 11.5 Å². The zero-order chi connectivity index (χ0) is 26.9. The molecule has 0 saturated heterocycles. The number of aromatic nitrogens is 5. The molecule has 192 valence electrons. The second kappa shape index (κ2) is 12.0. The minimum atomic E-state index is -0.498. The highest BCUT2D eigenvalue weighted by Crippen LogP contribution is 2.21. The number of carbonyl (C=O) groups excluding carboxylic acids is 1. The SMILES string of the molecule is COc1cc(C(=O)Oc2ccccc2)ccc1/C=N/Nc1nc(Nc2ccccc2)nc(-c2ccncn2)n1. The maximum atomic E-state index is 12.5. The van der Waals surface area contributed by atoms with Crippen molar-refractivity contribution in [2.45, 2.75) is 0 Å². The molecule has 3 aromatic carbocycles. The van der Waals surface area contributed by atoms with Crippen LogP contribution < -0.4 is 20.2 Å². The fourth-order valence-corrected chi connectivity index (χ4v) is 3.43. The highest BCUT2D eigenvalue weighted by atomic mass is 16.5. The Bertz CT molecular complexity index is 1580. The maximum absolute atomic E-state index is 12.5. The summed E-state index contributed by atoms with van der Waals surface area (Å²) in [4.78, 5) is 34.0. The van der Waals surface area contributed by atoms with Gasteiger partial charge in [0, 0.05) is 17.4 Å². The van der Waals surface area contributed by atoms with Crippen LogP contribution in [0.5, 0.6) is 11.5 Å². The van der Waals surface area contributed by atoms with Gasteiger partial charge in [0.1, 0.15) is 23.5 Å². The maximum Gasteiger partial charge on any atom is 0.343 e. The largest absolute Gasteiger partial charge is 0.496 e. The molecule has 0 atom stereocenters. The number of ether oxygens (including phenoxy) is 2. The van der Waals surface area contributed by atoms with Crippen LogP contribution in [-0.2, 0) is 0 Å². The Morgan fingerprint density at radius 3 is 2.41 bits per heavy atom. The molecule has 0 amide bonds.